The van der Waals surface area contributed by atoms with Crippen LogP contribution in [0.25, 0.3) is 0 Å². The second-order valence-electron chi connectivity index (χ2n) is 13.4. The summed E-state index contributed by atoms with van der Waals surface area (Å²) in [5.41, 5.74) is -0.00735. The number of halogens is 1. The molecule has 50 heavy (non-hydrogen) atoms. The molecule has 2 aromatic carbocycles. The van der Waals surface area contributed by atoms with E-state index in [0.29, 0.717) is 30.5 Å². The fourth-order valence-corrected chi connectivity index (χ4v) is 8.83. The van der Waals surface area contributed by atoms with Gasteiger partial charge in [-0.25, -0.2) is 0 Å². The molecule has 3 aliphatic rings. The third-order valence-electron chi connectivity index (χ3n) is 10.2. The van der Waals surface area contributed by atoms with E-state index in [4.69, 9.17) is 9.47 Å². The molecular formula is C39H48BrN3O7. The Morgan fingerprint density at radius 2 is 1.78 bits per heavy atom. The van der Waals surface area contributed by atoms with E-state index in [1.807, 2.05) is 67.6 Å². The van der Waals surface area contributed by atoms with Crippen molar-refractivity contribution in [2.24, 2.45) is 11.8 Å². The Bertz CT molecular complexity index is 1540. The lowest BCUT2D eigenvalue weighted by atomic mass is 9.70. The summed E-state index contributed by atoms with van der Waals surface area (Å²) >= 11 is 3.74. The molecule has 268 valence electrons. The van der Waals surface area contributed by atoms with E-state index in [1.54, 1.807) is 24.0 Å². The smallest absolute Gasteiger partial charge is 0.313 e. The molecule has 3 fully saturated rings. The average molecular weight is 751 g/mol. The topological polar surface area (TPSA) is 125 Å². The maximum Gasteiger partial charge on any atom is 0.313 e. The molecule has 10 nitrogen and oxygen atoms in total. The van der Waals surface area contributed by atoms with Crippen molar-refractivity contribution < 1.29 is 33.8 Å². The Hall–Kier alpha value is -3.80. The van der Waals surface area contributed by atoms with E-state index in [2.05, 4.69) is 34.4 Å². The molecule has 11 heteroatoms. The Morgan fingerprint density at radius 1 is 1.12 bits per heavy atom. The van der Waals surface area contributed by atoms with Crippen molar-refractivity contribution in [3.63, 3.8) is 0 Å². The normalized spacial score (nSPS) is 26.8. The molecule has 0 saturated carbocycles. The Labute approximate surface area is 303 Å². The lowest BCUT2D eigenvalue weighted by Crippen LogP contribution is -2.57. The van der Waals surface area contributed by atoms with E-state index in [0.717, 1.165) is 12.8 Å². The van der Waals surface area contributed by atoms with Crippen molar-refractivity contribution in [3.8, 4) is 0 Å². The van der Waals surface area contributed by atoms with Gasteiger partial charge in [0.15, 0.2) is 0 Å². The third kappa shape index (κ3) is 7.18. The number of rotatable bonds is 17. The average Bonchev–Trinajstić information content (AvgIpc) is 3.72. The van der Waals surface area contributed by atoms with E-state index < -0.39 is 66.3 Å². The number of aliphatic hydroxyl groups is 1. The number of benzene rings is 2. The summed E-state index contributed by atoms with van der Waals surface area (Å²) in [7, 11) is 0. The molecular weight excluding hydrogens is 702 g/mol. The zero-order valence-corrected chi connectivity index (χ0v) is 30.4. The molecule has 5 rings (SSSR count). The van der Waals surface area contributed by atoms with E-state index >= 15 is 0 Å². The van der Waals surface area contributed by atoms with E-state index in [1.165, 1.54) is 4.90 Å². The van der Waals surface area contributed by atoms with E-state index in [-0.39, 0.29) is 29.6 Å². The van der Waals surface area contributed by atoms with Gasteiger partial charge in [-0.2, -0.15) is 0 Å². The van der Waals surface area contributed by atoms with E-state index in [9.17, 15) is 24.3 Å². The zero-order valence-electron chi connectivity index (χ0n) is 28.8. The highest BCUT2D eigenvalue weighted by Crippen LogP contribution is 2.61. The molecule has 3 heterocycles. The number of nitrogens with zero attached hydrogens (tertiary/aromatic N) is 2. The van der Waals surface area contributed by atoms with Crippen LogP contribution in [0.3, 0.4) is 0 Å². The molecule has 1 spiro atoms. The summed E-state index contributed by atoms with van der Waals surface area (Å²) in [6.07, 6.45) is 4.39. The molecule has 2 N–H and O–H groups in total. The number of amides is 3. The third-order valence-corrected chi connectivity index (χ3v) is 11.0. The van der Waals surface area contributed by atoms with Gasteiger partial charge < -0.3 is 29.7 Å². The molecule has 2 aromatic rings. The molecule has 0 aromatic heterocycles. The summed E-state index contributed by atoms with van der Waals surface area (Å²) < 4.78 is 13.0. The fraction of sp³-hybridized carbons (Fsp3) is 0.487. The number of hydrogen-bond acceptors (Lipinski definition) is 7. The first kappa shape index (κ1) is 37.5. The van der Waals surface area contributed by atoms with Gasteiger partial charge in [0, 0.05) is 24.3 Å². The number of ether oxygens (including phenoxy) is 2. The highest BCUT2D eigenvalue weighted by Gasteiger charge is 2.77. The summed E-state index contributed by atoms with van der Waals surface area (Å²) in [5, 5.41) is 13.8. The number of allylic oxidation sites excluding steroid dienone is 1. The maximum absolute atomic E-state index is 14.9. The van der Waals surface area contributed by atoms with Gasteiger partial charge in [0.2, 0.25) is 17.7 Å². The SMILES string of the molecule is C=CCCC(=O)N[C@H](C)[C@@H](OC(=O)[C@@H]1[C@H]2O[C@@]3(CC2Br)[C@H](C(=O)N(CC=C)CCCC)N([C@H](CO)c2ccccc2)C(=O)[C@@H]13)c1ccccc1. The first-order chi connectivity index (χ1) is 24.1. The molecule has 9 atom stereocenters. The van der Waals surface area contributed by atoms with Crippen LogP contribution < -0.4 is 5.32 Å². The van der Waals surface area contributed by atoms with Gasteiger partial charge in [0.1, 0.15) is 17.7 Å². The second kappa shape index (κ2) is 16.5. The van der Waals surface area contributed by atoms with Crippen LogP contribution in [-0.2, 0) is 28.7 Å². The second-order valence-corrected chi connectivity index (χ2v) is 14.6. The zero-order chi connectivity index (χ0) is 36.0. The van der Waals surface area contributed by atoms with Crippen LogP contribution in [0, 0.1) is 11.8 Å². The van der Waals surface area contributed by atoms with Gasteiger partial charge >= 0.3 is 5.97 Å². The number of carbonyl (C=O) groups is 4. The standard InChI is InChI=1S/C39H48BrN3O7/c1-5-8-20-30(45)41-25(4)33(27-18-14-11-15-19-27)49-38(48)31-32-36(46)43(29(24-44)26-16-12-10-13-17-26)35(39(32)23-28(40)34(31)50-39)37(47)42(21-7-3)22-9-6-2/h5,7,10-19,25,28-29,31-35,44H,1,3,6,8-9,20-24H2,2,4H3,(H,41,45)/t25-,28?,29-,31+,32-,33-,34+,35+,39-/m1/s1. The Kier molecular flexibility index (Phi) is 12.3. The van der Waals surface area contributed by atoms with Crippen LogP contribution in [0.5, 0.6) is 0 Å². The number of carbonyl (C=O) groups excluding carboxylic acids is 4. The van der Waals surface area contributed by atoms with Crippen molar-refractivity contribution in [1.29, 1.82) is 0 Å². The summed E-state index contributed by atoms with van der Waals surface area (Å²) in [5.74, 6) is -3.69. The predicted octanol–water partition coefficient (Wildman–Crippen LogP) is 5.04. The molecule has 3 amide bonds. The fourth-order valence-electron chi connectivity index (χ4n) is 7.89. The Morgan fingerprint density at radius 3 is 2.38 bits per heavy atom. The number of hydrogen-bond donors (Lipinski definition) is 2. The highest BCUT2D eigenvalue weighted by molar-refractivity contribution is 9.09. The van der Waals surface area contributed by atoms with Crippen LogP contribution in [0.15, 0.2) is 86.0 Å². The molecule has 3 saturated heterocycles. The quantitative estimate of drug-likeness (QED) is 0.132. The van der Waals surface area contributed by atoms with Gasteiger partial charge in [0.25, 0.3) is 0 Å². The minimum absolute atomic E-state index is 0.205. The van der Waals surface area contributed by atoms with Crippen LogP contribution in [0.4, 0.5) is 0 Å². The minimum Gasteiger partial charge on any atom is -0.455 e. The lowest BCUT2D eigenvalue weighted by molar-refractivity contribution is -0.162. The molecule has 3 aliphatic heterocycles. The monoisotopic (exact) mass is 749 g/mol. The van der Waals surface area contributed by atoms with Gasteiger partial charge in [0.05, 0.1) is 36.6 Å². The number of likely N-dealkylation sites (tertiary alicyclic amines) is 1. The number of esters is 1. The first-order valence-electron chi connectivity index (χ1n) is 17.5. The van der Waals surface area contributed by atoms with Crippen LogP contribution >= 0.6 is 15.9 Å². The maximum atomic E-state index is 14.9. The first-order valence-corrected chi connectivity index (χ1v) is 18.4. The summed E-state index contributed by atoms with van der Waals surface area (Å²) in [6.45, 7) is 11.7. The van der Waals surface area contributed by atoms with Crippen molar-refractivity contribution in [3.05, 3.63) is 97.1 Å². The molecule has 0 radical (unpaired) electrons. The molecule has 1 unspecified atom stereocenters. The van der Waals surface area contributed by atoms with Gasteiger partial charge in [-0.1, -0.05) is 102 Å². The number of alkyl halides is 1. The van der Waals surface area contributed by atoms with Crippen LogP contribution in [-0.4, -0.2) is 86.9 Å². The summed E-state index contributed by atoms with van der Waals surface area (Å²) in [6, 6.07) is 15.7. The van der Waals surface area contributed by atoms with Crippen molar-refractivity contribution >= 4 is 39.6 Å². The summed E-state index contributed by atoms with van der Waals surface area (Å²) in [4.78, 5) is 59.6. The lowest BCUT2D eigenvalue weighted by Gasteiger charge is -2.39. The van der Waals surface area contributed by atoms with Gasteiger partial charge in [-0.05, 0) is 37.3 Å². The highest BCUT2D eigenvalue weighted by atomic mass is 79.9. The Balaban J connectivity index is 1.54. The van der Waals surface area contributed by atoms with Crippen LogP contribution in [0.2, 0.25) is 0 Å². The van der Waals surface area contributed by atoms with Gasteiger partial charge in [-0.15, -0.1) is 13.2 Å². The number of nitrogens with one attached hydrogen (secondary N) is 1. The number of aliphatic hydroxyl groups excluding tert-OH is 1. The number of unbranched alkanes of at least 4 members (excludes halogenated alkanes) is 1. The van der Waals surface area contributed by atoms with Crippen molar-refractivity contribution in [2.45, 2.75) is 86.7 Å². The van der Waals surface area contributed by atoms with Crippen molar-refractivity contribution in [1.82, 2.24) is 15.1 Å². The molecule has 2 bridgehead atoms. The largest absolute Gasteiger partial charge is 0.455 e. The number of fused-ring (bicyclic) bond motifs is 1. The molecule has 0 aliphatic carbocycles. The van der Waals surface area contributed by atoms with Gasteiger partial charge in [-0.3, -0.25) is 19.2 Å². The van der Waals surface area contributed by atoms with Crippen LogP contribution in [0.1, 0.15) is 69.2 Å². The minimum atomic E-state index is -1.35. The van der Waals surface area contributed by atoms with Crippen molar-refractivity contribution in [2.75, 3.05) is 19.7 Å². The predicted molar refractivity (Wildman–Crippen MR) is 193 cm³/mol.